The van der Waals surface area contributed by atoms with Crippen molar-refractivity contribution in [2.75, 3.05) is 6.61 Å². The van der Waals surface area contributed by atoms with E-state index in [0.717, 1.165) is 0 Å². The zero-order valence-corrected chi connectivity index (χ0v) is 10.6. The molecule has 1 aromatic rings. The van der Waals surface area contributed by atoms with Crippen LogP contribution in [0.5, 0.6) is 0 Å². The molecular formula is C11H13Cl2NO2. The van der Waals surface area contributed by atoms with Gasteiger partial charge in [0.1, 0.15) is 0 Å². The van der Waals surface area contributed by atoms with E-state index in [4.69, 9.17) is 28.3 Å². The van der Waals surface area contributed by atoms with Crippen molar-refractivity contribution in [3.63, 3.8) is 0 Å². The van der Waals surface area contributed by atoms with Gasteiger partial charge in [-0.15, -0.1) is 0 Å². The third-order valence-electron chi connectivity index (χ3n) is 2.03. The Kier molecular flexibility index (Phi) is 4.19. The van der Waals surface area contributed by atoms with Gasteiger partial charge in [-0.3, -0.25) is 4.79 Å². The predicted molar refractivity (Wildman–Crippen MR) is 65.1 cm³/mol. The summed E-state index contributed by atoms with van der Waals surface area (Å²) in [6.45, 7) is 3.31. The molecule has 0 unspecified atom stereocenters. The van der Waals surface area contributed by atoms with Gasteiger partial charge in [-0.25, -0.2) is 0 Å². The molecule has 88 valence electrons. The van der Waals surface area contributed by atoms with Crippen LogP contribution in [0.4, 0.5) is 0 Å². The normalized spacial score (nSPS) is 11.3. The van der Waals surface area contributed by atoms with Gasteiger partial charge < -0.3 is 10.4 Å². The Morgan fingerprint density at radius 3 is 2.50 bits per heavy atom. The van der Waals surface area contributed by atoms with Crippen LogP contribution in [0.15, 0.2) is 18.2 Å². The number of benzene rings is 1. The van der Waals surface area contributed by atoms with Crippen molar-refractivity contribution in [2.45, 2.75) is 19.4 Å². The maximum absolute atomic E-state index is 11.8. The van der Waals surface area contributed by atoms with E-state index in [1.165, 1.54) is 6.07 Å². The number of halogens is 2. The second-order valence-electron chi connectivity index (χ2n) is 4.13. The first-order valence-corrected chi connectivity index (χ1v) is 5.50. The van der Waals surface area contributed by atoms with E-state index >= 15 is 0 Å². The van der Waals surface area contributed by atoms with E-state index in [1.807, 2.05) is 0 Å². The van der Waals surface area contributed by atoms with Crippen molar-refractivity contribution in [1.29, 1.82) is 0 Å². The fraction of sp³-hybridized carbons (Fsp3) is 0.364. The van der Waals surface area contributed by atoms with Crippen molar-refractivity contribution >= 4 is 29.1 Å². The molecule has 0 aromatic heterocycles. The molecular weight excluding hydrogens is 249 g/mol. The number of hydrogen-bond donors (Lipinski definition) is 2. The second-order valence-corrected chi connectivity index (χ2v) is 4.94. The highest BCUT2D eigenvalue weighted by molar-refractivity contribution is 6.42. The third kappa shape index (κ3) is 3.37. The summed E-state index contributed by atoms with van der Waals surface area (Å²) in [5, 5.41) is 12.4. The summed E-state index contributed by atoms with van der Waals surface area (Å²) in [5.74, 6) is -0.294. The van der Waals surface area contributed by atoms with Gasteiger partial charge in [-0.05, 0) is 32.0 Å². The maximum atomic E-state index is 11.8. The van der Waals surface area contributed by atoms with Crippen molar-refractivity contribution in [2.24, 2.45) is 0 Å². The Hall–Kier alpha value is -0.770. The van der Waals surface area contributed by atoms with Gasteiger partial charge in [0, 0.05) is 5.56 Å². The summed E-state index contributed by atoms with van der Waals surface area (Å²) in [7, 11) is 0. The van der Waals surface area contributed by atoms with Crippen LogP contribution in [-0.4, -0.2) is 23.2 Å². The standard InChI is InChI=1S/C11H13Cl2NO2/c1-11(2,6-15)14-10(16)7-3-4-8(12)9(13)5-7/h3-5,15H,6H2,1-2H3,(H,14,16). The van der Waals surface area contributed by atoms with Gasteiger partial charge in [0.15, 0.2) is 0 Å². The summed E-state index contributed by atoms with van der Waals surface area (Å²) in [5.41, 5.74) is -0.251. The molecule has 0 saturated carbocycles. The first-order valence-electron chi connectivity index (χ1n) is 4.74. The molecule has 16 heavy (non-hydrogen) atoms. The van der Waals surface area contributed by atoms with Gasteiger partial charge in [0.2, 0.25) is 0 Å². The van der Waals surface area contributed by atoms with Crippen LogP contribution >= 0.6 is 23.2 Å². The molecule has 2 N–H and O–H groups in total. The van der Waals surface area contributed by atoms with E-state index in [0.29, 0.717) is 15.6 Å². The SMILES string of the molecule is CC(C)(CO)NC(=O)c1ccc(Cl)c(Cl)c1. The Bertz CT molecular complexity index is 405. The van der Waals surface area contributed by atoms with Crippen molar-refractivity contribution in [3.8, 4) is 0 Å². The topological polar surface area (TPSA) is 49.3 Å². The molecule has 1 rings (SSSR count). The van der Waals surface area contributed by atoms with E-state index in [1.54, 1.807) is 26.0 Å². The van der Waals surface area contributed by atoms with Crippen LogP contribution in [0.3, 0.4) is 0 Å². The Balaban J connectivity index is 2.85. The summed E-state index contributed by atoms with van der Waals surface area (Å²) < 4.78 is 0. The van der Waals surface area contributed by atoms with Crippen LogP contribution in [0, 0.1) is 0 Å². The zero-order valence-electron chi connectivity index (χ0n) is 9.05. The fourth-order valence-electron chi connectivity index (χ4n) is 1.06. The lowest BCUT2D eigenvalue weighted by atomic mass is 10.1. The lowest BCUT2D eigenvalue weighted by Crippen LogP contribution is -2.46. The van der Waals surface area contributed by atoms with E-state index in [-0.39, 0.29) is 12.5 Å². The van der Waals surface area contributed by atoms with Gasteiger partial charge in [-0.2, -0.15) is 0 Å². The van der Waals surface area contributed by atoms with Crippen molar-refractivity contribution < 1.29 is 9.90 Å². The summed E-state index contributed by atoms with van der Waals surface area (Å²) in [4.78, 5) is 11.8. The molecule has 0 radical (unpaired) electrons. The number of aliphatic hydroxyl groups is 1. The predicted octanol–water partition coefficient (Wildman–Crippen LogP) is 2.49. The Morgan fingerprint density at radius 1 is 1.38 bits per heavy atom. The first kappa shape index (κ1) is 13.3. The number of aliphatic hydroxyl groups excluding tert-OH is 1. The van der Waals surface area contributed by atoms with Crippen LogP contribution in [0.2, 0.25) is 10.0 Å². The molecule has 0 atom stereocenters. The van der Waals surface area contributed by atoms with Crippen LogP contribution < -0.4 is 5.32 Å². The number of rotatable bonds is 3. The van der Waals surface area contributed by atoms with Crippen molar-refractivity contribution in [3.05, 3.63) is 33.8 Å². The van der Waals surface area contributed by atoms with Crippen LogP contribution in [0.1, 0.15) is 24.2 Å². The molecule has 1 amide bonds. The summed E-state index contributed by atoms with van der Waals surface area (Å²) in [6, 6.07) is 4.63. The minimum absolute atomic E-state index is 0.139. The molecule has 3 nitrogen and oxygen atoms in total. The zero-order chi connectivity index (χ0) is 12.3. The average Bonchev–Trinajstić information content (AvgIpc) is 2.21. The van der Waals surface area contributed by atoms with Crippen LogP contribution in [0.25, 0.3) is 0 Å². The van der Waals surface area contributed by atoms with Gasteiger partial charge >= 0.3 is 0 Å². The largest absolute Gasteiger partial charge is 0.394 e. The molecule has 0 aliphatic carbocycles. The summed E-state index contributed by atoms with van der Waals surface area (Å²) >= 11 is 11.5. The molecule has 1 aromatic carbocycles. The minimum atomic E-state index is -0.663. The maximum Gasteiger partial charge on any atom is 0.251 e. The number of hydrogen-bond acceptors (Lipinski definition) is 2. The Labute approximate surface area is 104 Å². The van der Waals surface area contributed by atoms with Gasteiger partial charge in [0.05, 0.1) is 22.2 Å². The molecule has 5 heteroatoms. The fourth-order valence-corrected chi connectivity index (χ4v) is 1.35. The minimum Gasteiger partial charge on any atom is -0.394 e. The molecule has 0 saturated heterocycles. The van der Waals surface area contributed by atoms with Gasteiger partial charge in [-0.1, -0.05) is 23.2 Å². The highest BCUT2D eigenvalue weighted by Crippen LogP contribution is 2.22. The Morgan fingerprint density at radius 2 is 2.00 bits per heavy atom. The number of carbonyl (C=O) groups excluding carboxylic acids is 1. The first-order chi connectivity index (χ1) is 7.35. The van der Waals surface area contributed by atoms with E-state index in [2.05, 4.69) is 5.32 Å². The molecule has 0 spiro atoms. The lowest BCUT2D eigenvalue weighted by molar-refractivity contribution is 0.0869. The number of carbonyl (C=O) groups is 1. The van der Waals surface area contributed by atoms with Gasteiger partial charge in [0.25, 0.3) is 5.91 Å². The monoisotopic (exact) mass is 261 g/mol. The number of amides is 1. The van der Waals surface area contributed by atoms with E-state index < -0.39 is 5.54 Å². The molecule has 0 fully saturated rings. The third-order valence-corrected chi connectivity index (χ3v) is 2.77. The van der Waals surface area contributed by atoms with Crippen molar-refractivity contribution in [1.82, 2.24) is 5.32 Å². The molecule has 0 aliphatic rings. The summed E-state index contributed by atoms with van der Waals surface area (Å²) in [6.07, 6.45) is 0. The average molecular weight is 262 g/mol. The van der Waals surface area contributed by atoms with E-state index in [9.17, 15) is 4.79 Å². The molecule has 0 heterocycles. The highest BCUT2D eigenvalue weighted by Gasteiger charge is 2.20. The second kappa shape index (κ2) is 5.04. The van der Waals surface area contributed by atoms with Crippen LogP contribution in [-0.2, 0) is 0 Å². The highest BCUT2D eigenvalue weighted by atomic mass is 35.5. The molecule has 0 aliphatic heterocycles. The quantitative estimate of drug-likeness (QED) is 0.879. The smallest absolute Gasteiger partial charge is 0.251 e. The number of nitrogens with one attached hydrogen (secondary N) is 1. The molecule has 0 bridgehead atoms. The lowest BCUT2D eigenvalue weighted by Gasteiger charge is -2.23.